The van der Waals surface area contributed by atoms with E-state index in [2.05, 4.69) is 11.9 Å². The van der Waals surface area contributed by atoms with Crippen LogP contribution in [-0.4, -0.2) is 31.6 Å². The summed E-state index contributed by atoms with van der Waals surface area (Å²) in [7, 11) is 1.49. The molecule has 8 heteroatoms. The van der Waals surface area contributed by atoms with Crippen molar-refractivity contribution in [3.63, 3.8) is 0 Å². The van der Waals surface area contributed by atoms with Gasteiger partial charge in [-0.05, 0) is 60.5 Å². The number of nitrogens with zero attached hydrogens (tertiary/aromatic N) is 1. The van der Waals surface area contributed by atoms with Crippen molar-refractivity contribution in [2.24, 2.45) is 0 Å². The number of amides is 4. The van der Waals surface area contributed by atoms with Crippen molar-refractivity contribution in [3.05, 3.63) is 102 Å². The fraction of sp³-hybridized carbons (Fsp3) is 0.138. The second-order valence-corrected chi connectivity index (χ2v) is 8.24. The molecule has 0 aliphatic carbocycles. The summed E-state index contributed by atoms with van der Waals surface area (Å²) in [5.41, 5.74) is 2.81. The van der Waals surface area contributed by atoms with E-state index < -0.39 is 17.8 Å². The Hall–Kier alpha value is -4.85. The highest BCUT2D eigenvalue weighted by molar-refractivity contribution is 6.39. The van der Waals surface area contributed by atoms with Gasteiger partial charge in [-0.3, -0.25) is 14.9 Å². The number of carbonyl (C=O) groups excluding carboxylic acids is 3. The number of methoxy groups -OCH3 is 1. The Kier molecular flexibility index (Phi) is 7.68. The predicted molar refractivity (Wildman–Crippen MR) is 140 cm³/mol. The molecular formula is C29H26N2O6. The van der Waals surface area contributed by atoms with Crippen molar-refractivity contribution in [2.75, 3.05) is 18.6 Å². The number of carbonyl (C=O) groups is 3. The Bertz CT molecular complexity index is 1360. The van der Waals surface area contributed by atoms with Gasteiger partial charge in [0.2, 0.25) is 0 Å². The van der Waals surface area contributed by atoms with Crippen LogP contribution in [-0.2, 0) is 16.2 Å². The standard InChI is InChI=1S/C29H26N2O6/c1-4-15-36-25-14-9-21(17-26(25)35-3)16-24-27(32)30-29(34)31(28(24)33)22-10-12-23(13-11-22)37-18-20-7-5-19(2)6-8-20/h4-14,16-17H,1,15,18H2,2-3H3,(H,30,32,34)/b24-16+. The van der Waals surface area contributed by atoms with E-state index in [1.807, 2.05) is 31.2 Å². The molecule has 8 nitrogen and oxygen atoms in total. The smallest absolute Gasteiger partial charge is 0.335 e. The fourth-order valence-corrected chi connectivity index (χ4v) is 3.64. The summed E-state index contributed by atoms with van der Waals surface area (Å²) in [5, 5.41) is 2.22. The van der Waals surface area contributed by atoms with Crippen LogP contribution in [0, 0.1) is 6.92 Å². The molecular weight excluding hydrogens is 472 g/mol. The number of ether oxygens (including phenoxy) is 3. The molecule has 0 aromatic heterocycles. The number of imide groups is 2. The van der Waals surface area contributed by atoms with Crippen LogP contribution in [0.1, 0.15) is 16.7 Å². The zero-order chi connectivity index (χ0) is 26.4. The lowest BCUT2D eigenvalue weighted by atomic mass is 10.1. The quantitative estimate of drug-likeness (QED) is 0.258. The maximum atomic E-state index is 13.2. The van der Waals surface area contributed by atoms with Gasteiger partial charge in [0.05, 0.1) is 12.8 Å². The Morgan fingerprint density at radius 2 is 1.65 bits per heavy atom. The van der Waals surface area contributed by atoms with Gasteiger partial charge in [0, 0.05) is 0 Å². The molecule has 0 bridgehead atoms. The van der Waals surface area contributed by atoms with Crippen LogP contribution in [0.4, 0.5) is 10.5 Å². The van der Waals surface area contributed by atoms with Gasteiger partial charge in [0.1, 0.15) is 24.5 Å². The number of anilines is 1. The van der Waals surface area contributed by atoms with Crippen molar-refractivity contribution in [1.29, 1.82) is 0 Å². The molecule has 0 spiro atoms. The molecule has 1 saturated heterocycles. The average Bonchev–Trinajstić information content (AvgIpc) is 2.90. The SMILES string of the molecule is C=CCOc1ccc(/C=C2\C(=O)NC(=O)N(c3ccc(OCc4ccc(C)cc4)cc3)C2=O)cc1OC. The first-order chi connectivity index (χ1) is 17.9. The van der Waals surface area contributed by atoms with E-state index in [1.165, 1.54) is 13.2 Å². The Balaban J connectivity index is 1.52. The van der Waals surface area contributed by atoms with Gasteiger partial charge >= 0.3 is 6.03 Å². The molecule has 0 atom stereocenters. The molecule has 4 rings (SSSR count). The monoisotopic (exact) mass is 498 g/mol. The largest absolute Gasteiger partial charge is 0.493 e. The topological polar surface area (TPSA) is 94.2 Å². The van der Waals surface area contributed by atoms with Gasteiger partial charge < -0.3 is 14.2 Å². The number of nitrogens with one attached hydrogen (secondary N) is 1. The third-order valence-corrected chi connectivity index (χ3v) is 5.58. The molecule has 1 heterocycles. The van der Waals surface area contributed by atoms with Crippen LogP contribution in [0.2, 0.25) is 0 Å². The first kappa shape index (κ1) is 25.2. The van der Waals surface area contributed by atoms with Gasteiger partial charge in [0.15, 0.2) is 11.5 Å². The maximum Gasteiger partial charge on any atom is 0.335 e. The van der Waals surface area contributed by atoms with Gasteiger partial charge in [-0.1, -0.05) is 48.6 Å². The van der Waals surface area contributed by atoms with Crippen LogP contribution >= 0.6 is 0 Å². The van der Waals surface area contributed by atoms with Gasteiger partial charge in [-0.2, -0.15) is 0 Å². The lowest BCUT2D eigenvalue weighted by Gasteiger charge is -2.26. The van der Waals surface area contributed by atoms with Gasteiger partial charge in [-0.25, -0.2) is 9.69 Å². The zero-order valence-electron chi connectivity index (χ0n) is 20.5. The summed E-state index contributed by atoms with van der Waals surface area (Å²) in [6, 6.07) is 18.6. The zero-order valence-corrected chi connectivity index (χ0v) is 20.5. The minimum atomic E-state index is -0.828. The number of benzene rings is 3. The number of barbiturate groups is 1. The van der Waals surface area contributed by atoms with Crippen molar-refractivity contribution in [3.8, 4) is 17.2 Å². The summed E-state index contributed by atoms with van der Waals surface area (Å²) in [4.78, 5) is 39.2. The Morgan fingerprint density at radius 1 is 0.919 bits per heavy atom. The van der Waals surface area contributed by atoms with E-state index in [4.69, 9.17) is 14.2 Å². The number of hydrogen-bond donors (Lipinski definition) is 1. The van der Waals surface area contributed by atoms with Crippen LogP contribution in [0.5, 0.6) is 17.2 Å². The van der Waals surface area contributed by atoms with E-state index in [0.717, 1.165) is 16.0 Å². The minimum Gasteiger partial charge on any atom is -0.493 e. The molecule has 0 radical (unpaired) electrons. The van der Waals surface area contributed by atoms with E-state index in [9.17, 15) is 14.4 Å². The summed E-state index contributed by atoms with van der Waals surface area (Å²) >= 11 is 0. The number of rotatable bonds is 9. The predicted octanol–water partition coefficient (Wildman–Crippen LogP) is 4.81. The highest BCUT2D eigenvalue weighted by atomic mass is 16.5. The van der Waals surface area contributed by atoms with Crippen molar-refractivity contribution >= 4 is 29.6 Å². The second kappa shape index (κ2) is 11.3. The molecule has 3 aromatic carbocycles. The molecule has 1 fully saturated rings. The van der Waals surface area contributed by atoms with Crippen molar-refractivity contribution in [2.45, 2.75) is 13.5 Å². The summed E-state index contributed by atoms with van der Waals surface area (Å²) in [6.07, 6.45) is 3.00. The highest BCUT2D eigenvalue weighted by Gasteiger charge is 2.36. The minimum absolute atomic E-state index is 0.193. The molecule has 0 unspecified atom stereocenters. The number of urea groups is 1. The van der Waals surface area contributed by atoms with Gasteiger partial charge in [-0.15, -0.1) is 0 Å². The van der Waals surface area contributed by atoms with Crippen LogP contribution in [0.3, 0.4) is 0 Å². The summed E-state index contributed by atoms with van der Waals surface area (Å²) < 4.78 is 16.7. The normalized spacial score (nSPS) is 14.4. The van der Waals surface area contributed by atoms with E-state index in [-0.39, 0.29) is 5.57 Å². The van der Waals surface area contributed by atoms with Crippen LogP contribution in [0.15, 0.2) is 85.0 Å². The molecule has 0 saturated carbocycles. The first-order valence-corrected chi connectivity index (χ1v) is 11.5. The number of hydrogen-bond acceptors (Lipinski definition) is 6. The lowest BCUT2D eigenvalue weighted by Crippen LogP contribution is -2.54. The van der Waals surface area contributed by atoms with E-state index in [1.54, 1.807) is 48.5 Å². The van der Waals surface area contributed by atoms with Crippen molar-refractivity contribution < 1.29 is 28.6 Å². The van der Waals surface area contributed by atoms with Crippen molar-refractivity contribution in [1.82, 2.24) is 5.32 Å². The molecule has 188 valence electrons. The first-order valence-electron chi connectivity index (χ1n) is 11.5. The Morgan fingerprint density at radius 3 is 2.32 bits per heavy atom. The van der Waals surface area contributed by atoms with Gasteiger partial charge in [0.25, 0.3) is 11.8 Å². The molecule has 1 aliphatic heterocycles. The second-order valence-electron chi connectivity index (χ2n) is 8.24. The van der Waals surface area contributed by atoms with Crippen LogP contribution in [0.25, 0.3) is 6.08 Å². The van der Waals surface area contributed by atoms with E-state index >= 15 is 0 Å². The lowest BCUT2D eigenvalue weighted by molar-refractivity contribution is -0.122. The highest BCUT2D eigenvalue weighted by Crippen LogP contribution is 2.30. The third kappa shape index (κ3) is 5.87. The Labute approximate surface area is 214 Å². The maximum absolute atomic E-state index is 13.2. The fourth-order valence-electron chi connectivity index (χ4n) is 3.64. The molecule has 1 aliphatic rings. The molecule has 1 N–H and O–H groups in total. The number of aryl methyl sites for hydroxylation is 1. The molecule has 4 amide bonds. The third-order valence-electron chi connectivity index (χ3n) is 5.58. The average molecular weight is 499 g/mol. The summed E-state index contributed by atoms with van der Waals surface area (Å²) in [5.74, 6) is -0.0327. The van der Waals surface area contributed by atoms with Crippen LogP contribution < -0.4 is 24.4 Å². The van der Waals surface area contributed by atoms with E-state index in [0.29, 0.717) is 41.7 Å². The summed E-state index contributed by atoms with van der Waals surface area (Å²) in [6.45, 7) is 6.31. The molecule has 3 aromatic rings. The molecule has 37 heavy (non-hydrogen) atoms.